The molecule has 0 spiro atoms. The van der Waals surface area contributed by atoms with Gasteiger partial charge in [0.25, 0.3) is 5.91 Å². The standard InChI is InChI=1S/C25H31ClN4O5/c1-25(2,14-27)15-30(23(31)17-3-6-21-22(12-17)35-16-34-21)13-18-11-19(4-5-20(18)26)28-24(32)29-7-9-33-10-8-29/h3-6,11-12H,7-10,13-16,27H2,1-2H3,(H,28,32). The maximum absolute atomic E-state index is 13.6. The molecular formula is C25H31ClN4O5. The lowest BCUT2D eigenvalue weighted by Crippen LogP contribution is -2.43. The van der Waals surface area contributed by atoms with Gasteiger partial charge in [-0.3, -0.25) is 4.79 Å². The molecule has 2 aromatic carbocycles. The van der Waals surface area contributed by atoms with E-state index in [1.165, 1.54) is 0 Å². The van der Waals surface area contributed by atoms with Gasteiger partial charge < -0.3 is 35.1 Å². The van der Waals surface area contributed by atoms with Crippen LogP contribution in [0, 0.1) is 5.41 Å². The normalized spacial score (nSPS) is 15.1. The largest absolute Gasteiger partial charge is 0.454 e. The fourth-order valence-electron chi connectivity index (χ4n) is 3.94. The number of rotatable bonds is 7. The Morgan fingerprint density at radius 1 is 1.11 bits per heavy atom. The Balaban J connectivity index is 1.55. The second kappa shape index (κ2) is 10.7. The number of benzene rings is 2. The highest BCUT2D eigenvalue weighted by Crippen LogP contribution is 2.33. The molecule has 0 saturated carbocycles. The summed E-state index contributed by atoms with van der Waals surface area (Å²) < 4.78 is 16.1. The van der Waals surface area contributed by atoms with Crippen molar-refractivity contribution in [3.63, 3.8) is 0 Å². The lowest BCUT2D eigenvalue weighted by Gasteiger charge is -2.32. The van der Waals surface area contributed by atoms with Crippen LogP contribution in [-0.4, -0.2) is 67.9 Å². The number of morpholine rings is 1. The van der Waals surface area contributed by atoms with Crippen molar-refractivity contribution >= 4 is 29.2 Å². The monoisotopic (exact) mass is 502 g/mol. The fourth-order valence-corrected chi connectivity index (χ4v) is 4.12. The molecule has 0 atom stereocenters. The lowest BCUT2D eigenvalue weighted by molar-refractivity contribution is 0.0564. The Kier molecular flexibility index (Phi) is 7.69. The molecule has 1 fully saturated rings. The second-order valence-corrected chi connectivity index (χ2v) is 9.84. The van der Waals surface area contributed by atoms with Crippen LogP contribution in [0.1, 0.15) is 29.8 Å². The second-order valence-electron chi connectivity index (χ2n) is 9.43. The number of halogens is 1. The van der Waals surface area contributed by atoms with Crippen LogP contribution in [0.4, 0.5) is 10.5 Å². The van der Waals surface area contributed by atoms with Crippen LogP contribution in [0.2, 0.25) is 5.02 Å². The fraction of sp³-hybridized carbons (Fsp3) is 0.440. The Hall–Kier alpha value is -3.01. The zero-order valence-electron chi connectivity index (χ0n) is 20.0. The minimum atomic E-state index is -0.319. The zero-order chi connectivity index (χ0) is 25.0. The summed E-state index contributed by atoms with van der Waals surface area (Å²) in [6.45, 7) is 7.34. The number of ether oxygens (including phenoxy) is 3. The lowest BCUT2D eigenvalue weighted by atomic mass is 9.92. The number of hydrogen-bond acceptors (Lipinski definition) is 6. The summed E-state index contributed by atoms with van der Waals surface area (Å²) in [5.74, 6) is 0.977. The summed E-state index contributed by atoms with van der Waals surface area (Å²) in [5.41, 5.74) is 7.46. The van der Waals surface area contributed by atoms with Gasteiger partial charge in [-0.25, -0.2) is 4.79 Å². The Labute approximate surface area is 210 Å². The molecule has 1 saturated heterocycles. The summed E-state index contributed by atoms with van der Waals surface area (Å²) in [6, 6.07) is 10.2. The van der Waals surface area contributed by atoms with E-state index in [1.54, 1.807) is 46.2 Å². The molecule has 3 amide bonds. The van der Waals surface area contributed by atoms with Gasteiger partial charge in [-0.15, -0.1) is 0 Å². The van der Waals surface area contributed by atoms with E-state index < -0.39 is 0 Å². The maximum Gasteiger partial charge on any atom is 0.321 e. The Bertz CT molecular complexity index is 1090. The molecule has 2 aliphatic heterocycles. The highest BCUT2D eigenvalue weighted by atomic mass is 35.5. The van der Waals surface area contributed by atoms with Gasteiger partial charge in [-0.05, 0) is 53.9 Å². The molecule has 3 N–H and O–H groups in total. The van der Waals surface area contributed by atoms with Gasteiger partial charge in [-0.1, -0.05) is 25.4 Å². The van der Waals surface area contributed by atoms with Crippen molar-refractivity contribution in [2.45, 2.75) is 20.4 Å². The average molecular weight is 503 g/mol. The van der Waals surface area contributed by atoms with Crippen molar-refractivity contribution in [3.05, 3.63) is 52.5 Å². The van der Waals surface area contributed by atoms with E-state index in [9.17, 15) is 9.59 Å². The van der Waals surface area contributed by atoms with Crippen LogP contribution >= 0.6 is 11.6 Å². The summed E-state index contributed by atoms with van der Waals surface area (Å²) in [5, 5.41) is 3.42. The van der Waals surface area contributed by atoms with Crippen LogP contribution in [0.3, 0.4) is 0 Å². The Morgan fingerprint density at radius 2 is 1.86 bits per heavy atom. The quantitative estimate of drug-likeness (QED) is 0.599. The number of amides is 3. The first-order valence-electron chi connectivity index (χ1n) is 11.6. The summed E-state index contributed by atoms with van der Waals surface area (Å²) in [7, 11) is 0. The molecule has 0 aliphatic carbocycles. The molecule has 10 heteroatoms. The van der Waals surface area contributed by atoms with Crippen LogP contribution in [0.5, 0.6) is 11.5 Å². The van der Waals surface area contributed by atoms with Crippen LogP contribution in [0.15, 0.2) is 36.4 Å². The van der Waals surface area contributed by atoms with Gasteiger partial charge in [0, 0.05) is 42.5 Å². The number of urea groups is 1. The molecule has 0 unspecified atom stereocenters. The molecular weight excluding hydrogens is 472 g/mol. The van der Waals surface area contributed by atoms with E-state index in [1.807, 2.05) is 13.8 Å². The molecule has 4 rings (SSSR count). The number of carbonyl (C=O) groups excluding carboxylic acids is 2. The Morgan fingerprint density at radius 3 is 2.60 bits per heavy atom. The average Bonchev–Trinajstić information content (AvgIpc) is 3.33. The van der Waals surface area contributed by atoms with Gasteiger partial charge in [0.15, 0.2) is 11.5 Å². The third-order valence-electron chi connectivity index (χ3n) is 6.03. The summed E-state index contributed by atoms with van der Waals surface area (Å²) >= 11 is 6.52. The minimum absolute atomic E-state index is 0.134. The van der Waals surface area contributed by atoms with Gasteiger partial charge in [0.1, 0.15) is 0 Å². The topological polar surface area (TPSA) is 106 Å². The van der Waals surface area contributed by atoms with Crippen molar-refractivity contribution in [3.8, 4) is 11.5 Å². The van der Waals surface area contributed by atoms with Gasteiger partial charge in [0.05, 0.1) is 13.2 Å². The van der Waals surface area contributed by atoms with Crippen molar-refractivity contribution in [1.29, 1.82) is 0 Å². The van der Waals surface area contributed by atoms with E-state index in [2.05, 4.69) is 5.32 Å². The number of nitrogens with two attached hydrogens (primary N) is 1. The van der Waals surface area contributed by atoms with Crippen LogP contribution in [-0.2, 0) is 11.3 Å². The summed E-state index contributed by atoms with van der Waals surface area (Å²) in [4.78, 5) is 29.6. The van der Waals surface area contributed by atoms with Gasteiger partial charge >= 0.3 is 6.03 Å². The first-order valence-corrected chi connectivity index (χ1v) is 11.9. The van der Waals surface area contributed by atoms with Crippen molar-refractivity contribution in [2.24, 2.45) is 11.1 Å². The zero-order valence-corrected chi connectivity index (χ0v) is 20.8. The van der Waals surface area contributed by atoms with E-state index in [0.717, 1.165) is 0 Å². The molecule has 2 aromatic rings. The van der Waals surface area contributed by atoms with Gasteiger partial charge in [0.2, 0.25) is 6.79 Å². The molecule has 9 nitrogen and oxygen atoms in total. The molecule has 188 valence electrons. The molecule has 2 heterocycles. The number of carbonyl (C=O) groups is 2. The molecule has 0 aromatic heterocycles. The minimum Gasteiger partial charge on any atom is -0.454 e. The summed E-state index contributed by atoms with van der Waals surface area (Å²) in [6.07, 6.45) is 0. The number of fused-ring (bicyclic) bond motifs is 1. The maximum atomic E-state index is 13.6. The predicted molar refractivity (Wildman–Crippen MR) is 133 cm³/mol. The first kappa shape index (κ1) is 25.1. The smallest absolute Gasteiger partial charge is 0.321 e. The third kappa shape index (κ3) is 6.17. The van der Waals surface area contributed by atoms with E-state index >= 15 is 0 Å². The van der Waals surface area contributed by atoms with Gasteiger partial charge in [-0.2, -0.15) is 0 Å². The van der Waals surface area contributed by atoms with E-state index in [-0.39, 0.29) is 30.7 Å². The number of nitrogens with one attached hydrogen (secondary N) is 1. The molecule has 35 heavy (non-hydrogen) atoms. The third-order valence-corrected chi connectivity index (χ3v) is 6.40. The molecule has 0 bridgehead atoms. The number of hydrogen-bond donors (Lipinski definition) is 2. The molecule has 2 aliphatic rings. The number of nitrogens with zero attached hydrogens (tertiary/aromatic N) is 2. The SMILES string of the molecule is CC(C)(CN)CN(Cc1cc(NC(=O)N2CCOCC2)ccc1Cl)C(=O)c1ccc2c(c1)OCO2. The first-order chi connectivity index (χ1) is 16.8. The number of anilines is 1. The van der Waals surface area contributed by atoms with Crippen molar-refractivity contribution in [2.75, 3.05) is 51.5 Å². The van der Waals surface area contributed by atoms with E-state index in [4.69, 9.17) is 31.5 Å². The highest BCUT2D eigenvalue weighted by molar-refractivity contribution is 6.31. The van der Waals surface area contributed by atoms with Crippen molar-refractivity contribution in [1.82, 2.24) is 9.80 Å². The highest BCUT2D eigenvalue weighted by Gasteiger charge is 2.27. The molecule has 0 radical (unpaired) electrons. The van der Waals surface area contributed by atoms with Crippen molar-refractivity contribution < 1.29 is 23.8 Å². The van der Waals surface area contributed by atoms with Crippen LogP contribution in [0.25, 0.3) is 0 Å². The van der Waals surface area contributed by atoms with E-state index in [0.29, 0.717) is 72.7 Å². The van der Waals surface area contributed by atoms with Crippen LogP contribution < -0.4 is 20.5 Å². The predicted octanol–water partition coefficient (Wildman–Crippen LogP) is 3.56.